The molecule has 1 aliphatic carbocycles. The summed E-state index contributed by atoms with van der Waals surface area (Å²) in [6.45, 7) is 9.43. The highest BCUT2D eigenvalue weighted by Crippen LogP contribution is 2.39. The van der Waals surface area contributed by atoms with Gasteiger partial charge >= 0.3 is 0 Å². The van der Waals surface area contributed by atoms with Crippen molar-refractivity contribution in [3.63, 3.8) is 0 Å². The Morgan fingerprint density at radius 1 is 1.10 bits per heavy atom. The van der Waals surface area contributed by atoms with E-state index >= 15 is 0 Å². The number of ether oxygens (including phenoxy) is 2. The molecule has 1 aliphatic rings. The zero-order valence-electron chi connectivity index (χ0n) is 13.6. The molecule has 0 saturated heterocycles. The molecular formula is C18H28O3. The standard InChI is InChI=1S/C18H28O3/c1-5-20-14-7-9-15(10-8-14)21-17-12-13(18(2,3)4)6-11-16(17)19/h7-10,13,16-17,19H,5-6,11-12H2,1-4H3. The Morgan fingerprint density at radius 3 is 2.29 bits per heavy atom. The normalized spacial score (nSPS) is 26.4. The average molecular weight is 292 g/mol. The highest BCUT2D eigenvalue weighted by molar-refractivity contribution is 5.31. The van der Waals surface area contributed by atoms with Crippen LogP contribution >= 0.6 is 0 Å². The summed E-state index contributed by atoms with van der Waals surface area (Å²) >= 11 is 0. The zero-order valence-corrected chi connectivity index (χ0v) is 13.6. The summed E-state index contributed by atoms with van der Waals surface area (Å²) in [6, 6.07) is 7.65. The van der Waals surface area contributed by atoms with E-state index in [1.165, 1.54) is 0 Å². The third-order valence-corrected chi connectivity index (χ3v) is 4.40. The van der Waals surface area contributed by atoms with Crippen LogP contribution in [0.25, 0.3) is 0 Å². The Labute approximate surface area is 128 Å². The minimum absolute atomic E-state index is 0.110. The number of aliphatic hydroxyl groups excluding tert-OH is 1. The maximum absolute atomic E-state index is 10.2. The third kappa shape index (κ3) is 4.37. The maximum atomic E-state index is 10.2. The monoisotopic (exact) mass is 292 g/mol. The fourth-order valence-corrected chi connectivity index (χ4v) is 2.98. The SMILES string of the molecule is CCOc1ccc(OC2CC(C(C)(C)C)CCC2O)cc1. The van der Waals surface area contributed by atoms with Crippen LogP contribution in [-0.4, -0.2) is 23.9 Å². The first-order valence-electron chi connectivity index (χ1n) is 7.97. The smallest absolute Gasteiger partial charge is 0.125 e. The van der Waals surface area contributed by atoms with E-state index in [4.69, 9.17) is 9.47 Å². The Morgan fingerprint density at radius 2 is 1.71 bits per heavy atom. The van der Waals surface area contributed by atoms with Gasteiger partial charge in [0.1, 0.15) is 17.6 Å². The molecule has 0 amide bonds. The fraction of sp³-hybridized carbons (Fsp3) is 0.667. The minimum Gasteiger partial charge on any atom is -0.494 e. The number of hydrogen-bond donors (Lipinski definition) is 1. The van der Waals surface area contributed by atoms with Crippen molar-refractivity contribution in [2.45, 2.75) is 59.2 Å². The quantitative estimate of drug-likeness (QED) is 0.910. The zero-order chi connectivity index (χ0) is 15.5. The lowest BCUT2D eigenvalue weighted by molar-refractivity contribution is -0.0297. The van der Waals surface area contributed by atoms with Gasteiger partial charge in [-0.2, -0.15) is 0 Å². The van der Waals surface area contributed by atoms with E-state index in [1.807, 2.05) is 31.2 Å². The fourth-order valence-electron chi connectivity index (χ4n) is 2.98. The van der Waals surface area contributed by atoms with Crippen molar-refractivity contribution in [3.05, 3.63) is 24.3 Å². The second-order valence-electron chi connectivity index (χ2n) is 7.00. The first-order chi connectivity index (χ1) is 9.90. The molecule has 0 aromatic heterocycles. The highest BCUT2D eigenvalue weighted by atomic mass is 16.5. The Kier molecular flexibility index (Phi) is 5.15. The maximum Gasteiger partial charge on any atom is 0.125 e. The van der Waals surface area contributed by atoms with Gasteiger partial charge in [-0.3, -0.25) is 0 Å². The van der Waals surface area contributed by atoms with Crippen molar-refractivity contribution in [1.82, 2.24) is 0 Å². The van der Waals surface area contributed by atoms with Crippen LogP contribution in [0.2, 0.25) is 0 Å². The van der Waals surface area contributed by atoms with Gasteiger partial charge in [0.25, 0.3) is 0 Å². The Bertz CT molecular complexity index is 433. The van der Waals surface area contributed by atoms with E-state index in [1.54, 1.807) is 0 Å². The van der Waals surface area contributed by atoms with Gasteiger partial charge in [0, 0.05) is 0 Å². The molecule has 1 fully saturated rings. The van der Waals surface area contributed by atoms with E-state index in [2.05, 4.69) is 20.8 Å². The van der Waals surface area contributed by atoms with Crippen LogP contribution in [0, 0.1) is 11.3 Å². The number of hydrogen-bond acceptors (Lipinski definition) is 3. The van der Waals surface area contributed by atoms with Gasteiger partial charge in [-0.05, 0) is 61.8 Å². The summed E-state index contributed by atoms with van der Waals surface area (Å²) in [5, 5.41) is 10.2. The average Bonchev–Trinajstić information content (AvgIpc) is 2.42. The molecule has 1 saturated carbocycles. The van der Waals surface area contributed by atoms with Crippen molar-refractivity contribution in [2.24, 2.45) is 11.3 Å². The molecule has 0 aliphatic heterocycles. The molecule has 3 unspecified atom stereocenters. The summed E-state index contributed by atoms with van der Waals surface area (Å²) in [7, 11) is 0. The summed E-state index contributed by atoms with van der Waals surface area (Å²) in [6.07, 6.45) is 2.34. The van der Waals surface area contributed by atoms with Crippen LogP contribution in [0.1, 0.15) is 47.0 Å². The third-order valence-electron chi connectivity index (χ3n) is 4.40. The molecule has 3 heteroatoms. The lowest BCUT2D eigenvalue weighted by Crippen LogP contribution is -2.41. The van der Waals surface area contributed by atoms with Crippen LogP contribution in [0.15, 0.2) is 24.3 Å². The van der Waals surface area contributed by atoms with Crippen LogP contribution < -0.4 is 9.47 Å². The molecule has 0 spiro atoms. The molecular weight excluding hydrogens is 264 g/mol. The molecule has 0 heterocycles. The van der Waals surface area contributed by atoms with Crippen LogP contribution in [0.3, 0.4) is 0 Å². The Balaban J connectivity index is 1.99. The van der Waals surface area contributed by atoms with E-state index in [9.17, 15) is 5.11 Å². The predicted molar refractivity (Wildman–Crippen MR) is 84.8 cm³/mol. The summed E-state index contributed by atoms with van der Waals surface area (Å²) in [4.78, 5) is 0. The first-order valence-corrected chi connectivity index (χ1v) is 7.97. The highest BCUT2D eigenvalue weighted by Gasteiger charge is 2.36. The summed E-state index contributed by atoms with van der Waals surface area (Å²) in [5.74, 6) is 2.24. The van der Waals surface area contributed by atoms with Crippen molar-refractivity contribution in [2.75, 3.05) is 6.61 Å². The van der Waals surface area contributed by atoms with Gasteiger partial charge in [-0.25, -0.2) is 0 Å². The summed E-state index contributed by atoms with van der Waals surface area (Å²) in [5.41, 5.74) is 0.264. The largest absolute Gasteiger partial charge is 0.494 e. The van der Waals surface area contributed by atoms with Gasteiger partial charge in [0.2, 0.25) is 0 Å². The lowest BCUT2D eigenvalue weighted by atomic mass is 9.71. The molecule has 2 rings (SSSR count). The second-order valence-corrected chi connectivity index (χ2v) is 7.00. The molecule has 0 bridgehead atoms. The van der Waals surface area contributed by atoms with Crippen molar-refractivity contribution >= 4 is 0 Å². The molecule has 3 atom stereocenters. The molecule has 1 N–H and O–H groups in total. The van der Waals surface area contributed by atoms with E-state index in [-0.39, 0.29) is 17.6 Å². The van der Waals surface area contributed by atoms with E-state index in [0.29, 0.717) is 12.5 Å². The molecule has 3 nitrogen and oxygen atoms in total. The molecule has 1 aromatic carbocycles. The lowest BCUT2D eigenvalue weighted by Gasteiger charge is -2.39. The van der Waals surface area contributed by atoms with Crippen LogP contribution in [0.5, 0.6) is 11.5 Å². The molecule has 118 valence electrons. The van der Waals surface area contributed by atoms with Gasteiger partial charge in [0.15, 0.2) is 0 Å². The molecule has 1 aromatic rings. The van der Waals surface area contributed by atoms with E-state index in [0.717, 1.165) is 30.8 Å². The minimum atomic E-state index is -0.366. The van der Waals surface area contributed by atoms with Crippen LogP contribution in [-0.2, 0) is 0 Å². The van der Waals surface area contributed by atoms with Gasteiger partial charge in [0.05, 0.1) is 12.7 Å². The van der Waals surface area contributed by atoms with E-state index < -0.39 is 0 Å². The van der Waals surface area contributed by atoms with Gasteiger partial charge < -0.3 is 14.6 Å². The van der Waals surface area contributed by atoms with Crippen molar-refractivity contribution < 1.29 is 14.6 Å². The summed E-state index contributed by atoms with van der Waals surface area (Å²) < 4.78 is 11.4. The number of rotatable bonds is 4. The van der Waals surface area contributed by atoms with Gasteiger partial charge in [-0.15, -0.1) is 0 Å². The topological polar surface area (TPSA) is 38.7 Å². The van der Waals surface area contributed by atoms with Crippen LogP contribution in [0.4, 0.5) is 0 Å². The molecule has 0 radical (unpaired) electrons. The molecule has 21 heavy (non-hydrogen) atoms. The first kappa shape index (κ1) is 16.2. The number of aliphatic hydroxyl groups is 1. The van der Waals surface area contributed by atoms with Crippen molar-refractivity contribution in [1.29, 1.82) is 0 Å². The Hall–Kier alpha value is -1.22. The predicted octanol–water partition coefficient (Wildman–Crippen LogP) is 4.04. The van der Waals surface area contributed by atoms with Gasteiger partial charge in [-0.1, -0.05) is 20.8 Å². The number of benzene rings is 1. The second kappa shape index (κ2) is 6.69. The van der Waals surface area contributed by atoms with Crippen molar-refractivity contribution in [3.8, 4) is 11.5 Å².